The molecule has 5 rings (SSSR count). The highest BCUT2D eigenvalue weighted by molar-refractivity contribution is 8.03. The van der Waals surface area contributed by atoms with Crippen LogP contribution in [0.3, 0.4) is 0 Å². The van der Waals surface area contributed by atoms with E-state index >= 15 is 0 Å². The van der Waals surface area contributed by atoms with E-state index in [1.165, 1.54) is 27.7 Å². The van der Waals surface area contributed by atoms with Crippen LogP contribution in [0.25, 0.3) is 0 Å². The number of hydrogen-bond donors (Lipinski definition) is 5. The van der Waals surface area contributed by atoms with Gasteiger partial charge in [0, 0.05) is 67.9 Å². The van der Waals surface area contributed by atoms with Crippen LogP contribution < -0.4 is 16.4 Å². The summed E-state index contributed by atoms with van der Waals surface area (Å²) in [6.45, 7) is 7.28. The highest BCUT2D eigenvalue weighted by Crippen LogP contribution is 2.51. The Morgan fingerprint density at radius 2 is 2.00 bits per heavy atom. The average molecular weight is 607 g/mol. The number of aliphatic hydroxyl groups is 1. The van der Waals surface area contributed by atoms with E-state index in [2.05, 4.69) is 31.1 Å². The number of aliphatic hydroxyl groups excluding tert-OH is 1. The summed E-state index contributed by atoms with van der Waals surface area (Å²) in [5.74, 6) is -2.62. The Kier molecular flexibility index (Phi) is 9.12. The van der Waals surface area contributed by atoms with Crippen LogP contribution in [-0.2, 0) is 25.7 Å². The predicted octanol–water partition coefficient (Wildman–Crippen LogP) is -3.12. The number of nitrogens with zero attached hydrogens (tertiary/aromatic N) is 7. The number of carboxylic acids is 1. The lowest BCUT2D eigenvalue weighted by molar-refractivity contribution is -0.158. The van der Waals surface area contributed by atoms with Crippen molar-refractivity contribution in [2.75, 3.05) is 45.8 Å². The number of aliphatic carboxylic acids is 1. The summed E-state index contributed by atoms with van der Waals surface area (Å²) in [6, 6.07) is -1.26. The van der Waals surface area contributed by atoms with Crippen LogP contribution in [0.2, 0.25) is 0 Å². The number of thioether (sulfide) groups is 1. The van der Waals surface area contributed by atoms with Gasteiger partial charge in [0.05, 0.1) is 24.1 Å². The largest absolute Gasteiger partial charge is 0.477 e. The van der Waals surface area contributed by atoms with Crippen LogP contribution in [0.5, 0.6) is 0 Å². The summed E-state index contributed by atoms with van der Waals surface area (Å²) in [4.78, 5) is 57.1. The zero-order valence-corrected chi connectivity index (χ0v) is 24.4. The molecule has 3 amide bonds. The lowest BCUT2D eigenvalue weighted by atomic mass is 9.78. The average Bonchev–Trinajstić information content (AvgIpc) is 3.69. The third-order valence-corrected chi connectivity index (χ3v) is 10.0. The minimum absolute atomic E-state index is 0.00321. The van der Waals surface area contributed by atoms with E-state index in [1.54, 1.807) is 6.92 Å². The lowest BCUT2D eigenvalue weighted by Gasteiger charge is -2.47. The Labute approximate surface area is 247 Å². The molecule has 3 saturated heterocycles. The van der Waals surface area contributed by atoms with Gasteiger partial charge in [-0.15, -0.1) is 16.9 Å². The number of fused-ring (bicyclic) bond motifs is 1. The molecule has 0 unspecified atom stereocenters. The van der Waals surface area contributed by atoms with Crippen LogP contribution in [-0.4, -0.2) is 144 Å². The molecular weight excluding hydrogens is 568 g/mol. The quantitative estimate of drug-likeness (QED) is 0.158. The van der Waals surface area contributed by atoms with Gasteiger partial charge >= 0.3 is 5.97 Å². The summed E-state index contributed by atoms with van der Waals surface area (Å²) in [5, 5.41) is 36.6. The summed E-state index contributed by atoms with van der Waals surface area (Å²) < 4.78 is 1.27. The van der Waals surface area contributed by atoms with E-state index in [0.29, 0.717) is 50.6 Å². The molecule has 0 aliphatic carbocycles. The maximum absolute atomic E-state index is 13.2. The zero-order valence-electron chi connectivity index (χ0n) is 23.6. The molecule has 0 aromatic carbocycles. The van der Waals surface area contributed by atoms with Crippen molar-refractivity contribution in [2.24, 2.45) is 17.6 Å². The molecule has 4 aliphatic heterocycles. The molecule has 16 nitrogen and oxygen atoms in total. The Hall–Kier alpha value is -3.12. The monoisotopic (exact) mass is 606 g/mol. The Morgan fingerprint density at radius 1 is 1.26 bits per heavy atom. The molecule has 17 heteroatoms. The van der Waals surface area contributed by atoms with Gasteiger partial charge in [-0.1, -0.05) is 6.92 Å². The molecule has 0 saturated carbocycles. The molecule has 6 N–H and O–H groups in total. The maximum atomic E-state index is 13.2. The van der Waals surface area contributed by atoms with Gasteiger partial charge in [-0.25, -0.2) is 9.48 Å². The van der Waals surface area contributed by atoms with Crippen molar-refractivity contribution in [3.8, 4) is 0 Å². The number of β-lactam (4-membered cyclic amide) rings is 1. The van der Waals surface area contributed by atoms with Crippen molar-refractivity contribution in [2.45, 2.75) is 56.3 Å². The molecule has 0 radical (unpaired) electrons. The number of carbonyl (C=O) groups is 4. The second-order valence-corrected chi connectivity index (χ2v) is 12.7. The van der Waals surface area contributed by atoms with E-state index in [-0.39, 0.29) is 59.8 Å². The van der Waals surface area contributed by atoms with E-state index in [4.69, 9.17) is 5.73 Å². The van der Waals surface area contributed by atoms with Crippen LogP contribution in [0, 0.1) is 11.8 Å². The van der Waals surface area contributed by atoms with Gasteiger partial charge in [0.25, 0.3) is 0 Å². The second kappa shape index (κ2) is 12.6. The van der Waals surface area contributed by atoms with E-state index < -0.39 is 24.0 Å². The first-order valence-corrected chi connectivity index (χ1v) is 15.1. The molecule has 42 heavy (non-hydrogen) atoms. The van der Waals surface area contributed by atoms with Gasteiger partial charge in [-0.05, 0) is 23.8 Å². The van der Waals surface area contributed by atoms with Gasteiger partial charge in [0.15, 0.2) is 0 Å². The van der Waals surface area contributed by atoms with E-state index in [1.807, 2.05) is 11.8 Å². The molecule has 4 aliphatic rings. The fourth-order valence-electron chi connectivity index (χ4n) is 6.39. The van der Waals surface area contributed by atoms with Gasteiger partial charge in [0.1, 0.15) is 18.6 Å². The SMILES string of the molecule is C[C@@H](NC(=O)Cn1cnnn1)[C@H]1C(=O)N2C(C(=O)O)=C(S[C@@H]3CN[C@H](C(=O)N4CCN(C[C@H](O)CN)CC4)C3)[C@H](C)[C@H]12. The predicted molar refractivity (Wildman–Crippen MR) is 149 cm³/mol. The number of nitrogens with one attached hydrogen (secondary N) is 2. The number of hydrogen-bond acceptors (Lipinski definition) is 12. The normalized spacial score (nSPS) is 29.3. The van der Waals surface area contributed by atoms with E-state index in [9.17, 15) is 29.4 Å². The van der Waals surface area contributed by atoms with E-state index in [0.717, 1.165) is 0 Å². The van der Waals surface area contributed by atoms with Gasteiger partial charge in [-0.3, -0.25) is 19.3 Å². The molecular formula is C25H38N10O6S. The first-order chi connectivity index (χ1) is 20.1. The molecule has 1 aromatic heterocycles. The number of piperazine rings is 1. The third kappa shape index (κ3) is 6.01. The number of amides is 3. The molecule has 5 heterocycles. The second-order valence-electron chi connectivity index (χ2n) is 11.3. The molecule has 3 fully saturated rings. The molecule has 230 valence electrons. The number of aromatic nitrogens is 4. The van der Waals surface area contributed by atoms with Crippen LogP contribution in [0.4, 0.5) is 0 Å². The Balaban J connectivity index is 1.17. The van der Waals surface area contributed by atoms with Crippen molar-refractivity contribution >= 4 is 35.5 Å². The molecule has 7 atom stereocenters. The third-order valence-electron chi connectivity index (χ3n) is 8.52. The fourth-order valence-corrected chi connectivity index (χ4v) is 7.87. The smallest absolute Gasteiger partial charge is 0.353 e. The van der Waals surface area contributed by atoms with Crippen molar-refractivity contribution in [1.29, 1.82) is 0 Å². The fraction of sp³-hybridized carbons (Fsp3) is 0.720. The number of β-amino-alcohol motifs (C(OH)–C–C–N with tert-alkyl or cyclic N) is 1. The highest BCUT2D eigenvalue weighted by Gasteiger charge is 2.60. The maximum Gasteiger partial charge on any atom is 0.353 e. The zero-order chi connectivity index (χ0) is 30.1. The first-order valence-electron chi connectivity index (χ1n) is 14.2. The van der Waals surface area contributed by atoms with Gasteiger partial charge in [0.2, 0.25) is 17.7 Å². The summed E-state index contributed by atoms with van der Waals surface area (Å²) in [5.41, 5.74) is 5.50. The number of tetrazole rings is 1. The minimum atomic E-state index is -1.16. The topological polar surface area (TPSA) is 212 Å². The summed E-state index contributed by atoms with van der Waals surface area (Å²) in [6.07, 6.45) is 1.29. The molecule has 0 spiro atoms. The van der Waals surface area contributed by atoms with Crippen LogP contribution in [0.1, 0.15) is 20.3 Å². The van der Waals surface area contributed by atoms with Gasteiger partial charge in [-0.2, -0.15) is 0 Å². The Morgan fingerprint density at radius 3 is 2.64 bits per heavy atom. The first kappa shape index (κ1) is 30.3. The number of rotatable bonds is 11. The van der Waals surface area contributed by atoms with Crippen molar-refractivity contribution in [3.05, 3.63) is 16.9 Å². The Bertz CT molecular complexity index is 1220. The number of carboxylic acid groups (broad SMARTS) is 1. The lowest BCUT2D eigenvalue weighted by Crippen LogP contribution is -2.66. The number of carbonyl (C=O) groups excluding carboxylic acids is 3. The van der Waals surface area contributed by atoms with Crippen LogP contribution in [0.15, 0.2) is 16.9 Å². The molecule has 1 aromatic rings. The molecule has 0 bridgehead atoms. The van der Waals surface area contributed by atoms with Crippen molar-refractivity contribution in [3.63, 3.8) is 0 Å². The van der Waals surface area contributed by atoms with Crippen molar-refractivity contribution in [1.82, 2.24) is 45.5 Å². The highest BCUT2D eigenvalue weighted by atomic mass is 32.2. The summed E-state index contributed by atoms with van der Waals surface area (Å²) >= 11 is 1.43. The number of nitrogens with two attached hydrogens (primary N) is 1. The minimum Gasteiger partial charge on any atom is -0.477 e. The van der Waals surface area contributed by atoms with Crippen LogP contribution >= 0.6 is 11.8 Å². The standard InChI is InChI=1S/C25H38N10O6S/c1-13-20-19(14(2)29-18(37)11-34-12-28-30-31-34)24(39)35(20)21(25(40)41)22(13)42-16-7-17(27-9-16)23(38)33-5-3-32(4-6-33)10-15(36)8-26/h12-17,19-20,27,36H,3-11,26H2,1-2H3,(H,29,37)(H,40,41)/t13-,14-,15-,16+,17+,19-,20-/m1/s1. The van der Waals surface area contributed by atoms with Crippen molar-refractivity contribution < 1.29 is 29.4 Å². The summed E-state index contributed by atoms with van der Waals surface area (Å²) in [7, 11) is 0. The van der Waals surface area contributed by atoms with Gasteiger partial charge < -0.3 is 36.4 Å².